The molecular formula is C13H27Cl. The largest absolute Gasteiger partial charge is 0.122 e. The van der Waals surface area contributed by atoms with Crippen LogP contribution in [-0.4, -0.2) is 5.38 Å². The quantitative estimate of drug-likeness (QED) is 0.553. The molecule has 0 amide bonds. The van der Waals surface area contributed by atoms with Crippen LogP contribution in [0.2, 0.25) is 0 Å². The van der Waals surface area contributed by atoms with E-state index in [0.717, 1.165) is 5.92 Å². The van der Waals surface area contributed by atoms with E-state index < -0.39 is 0 Å². The first-order chi connectivity index (χ1) is 6.40. The highest BCUT2D eigenvalue weighted by atomic mass is 35.5. The van der Waals surface area contributed by atoms with Gasteiger partial charge in [-0.3, -0.25) is 0 Å². The molecule has 1 heteroatoms. The number of rotatable bonds is 6. The van der Waals surface area contributed by atoms with Crippen LogP contribution in [-0.2, 0) is 0 Å². The smallest absolute Gasteiger partial charge is 0.0389 e. The molecule has 0 aromatic rings. The van der Waals surface area contributed by atoms with Gasteiger partial charge in [0.2, 0.25) is 0 Å². The van der Waals surface area contributed by atoms with E-state index in [9.17, 15) is 0 Å². The fourth-order valence-electron chi connectivity index (χ4n) is 1.90. The zero-order valence-corrected chi connectivity index (χ0v) is 11.4. The monoisotopic (exact) mass is 218 g/mol. The lowest BCUT2D eigenvalue weighted by Gasteiger charge is -2.30. The van der Waals surface area contributed by atoms with E-state index in [1.54, 1.807) is 0 Å². The molecule has 0 heterocycles. The number of hydrogen-bond acceptors (Lipinski definition) is 0. The average molecular weight is 219 g/mol. The van der Waals surface area contributed by atoms with E-state index >= 15 is 0 Å². The third-order valence-electron chi connectivity index (χ3n) is 3.27. The first kappa shape index (κ1) is 14.3. The highest BCUT2D eigenvalue weighted by Gasteiger charge is 2.26. The Hall–Kier alpha value is 0.290. The Kier molecular flexibility index (Phi) is 6.85. The summed E-state index contributed by atoms with van der Waals surface area (Å²) in [6.45, 7) is 13.6. The average Bonchev–Trinajstić information content (AvgIpc) is 2.11. The van der Waals surface area contributed by atoms with E-state index in [-0.39, 0.29) is 0 Å². The van der Waals surface area contributed by atoms with Crippen molar-refractivity contribution in [3.63, 3.8) is 0 Å². The molecule has 0 fully saturated rings. The van der Waals surface area contributed by atoms with Crippen molar-refractivity contribution in [3.8, 4) is 0 Å². The third kappa shape index (κ3) is 4.68. The van der Waals surface area contributed by atoms with Crippen LogP contribution in [0.4, 0.5) is 0 Å². The lowest BCUT2D eigenvalue weighted by molar-refractivity contribution is 0.264. The SMILES string of the molecule is CCC(C)CC(C(C)C)C(Cl)C(C)C. The van der Waals surface area contributed by atoms with E-state index in [0.29, 0.717) is 23.1 Å². The van der Waals surface area contributed by atoms with Crippen molar-refractivity contribution in [2.24, 2.45) is 23.7 Å². The van der Waals surface area contributed by atoms with Gasteiger partial charge in [0, 0.05) is 5.38 Å². The summed E-state index contributed by atoms with van der Waals surface area (Å²) in [4.78, 5) is 0. The number of alkyl halides is 1. The Balaban J connectivity index is 4.29. The summed E-state index contributed by atoms with van der Waals surface area (Å²) in [5, 5.41) is 0.337. The van der Waals surface area contributed by atoms with E-state index in [4.69, 9.17) is 11.6 Å². The number of hydrogen-bond donors (Lipinski definition) is 0. The molecule has 0 bridgehead atoms. The summed E-state index contributed by atoms with van der Waals surface area (Å²) in [6.07, 6.45) is 2.55. The predicted octanol–water partition coefficient (Wildman–Crippen LogP) is 4.96. The summed E-state index contributed by atoms with van der Waals surface area (Å²) in [7, 11) is 0. The van der Waals surface area contributed by atoms with Gasteiger partial charge in [-0.2, -0.15) is 0 Å². The fraction of sp³-hybridized carbons (Fsp3) is 1.00. The van der Waals surface area contributed by atoms with Crippen LogP contribution < -0.4 is 0 Å². The minimum Gasteiger partial charge on any atom is -0.122 e. The van der Waals surface area contributed by atoms with Gasteiger partial charge in [0.15, 0.2) is 0 Å². The van der Waals surface area contributed by atoms with Gasteiger partial charge in [-0.15, -0.1) is 11.6 Å². The third-order valence-corrected chi connectivity index (χ3v) is 4.10. The molecule has 0 rings (SSSR count). The van der Waals surface area contributed by atoms with E-state index in [1.807, 2.05) is 0 Å². The van der Waals surface area contributed by atoms with Gasteiger partial charge < -0.3 is 0 Å². The minimum absolute atomic E-state index is 0.337. The Morgan fingerprint density at radius 1 is 0.929 bits per heavy atom. The topological polar surface area (TPSA) is 0 Å². The first-order valence-electron chi connectivity index (χ1n) is 6.04. The molecule has 0 aliphatic rings. The van der Waals surface area contributed by atoms with Gasteiger partial charge in [-0.1, -0.05) is 48.0 Å². The van der Waals surface area contributed by atoms with Crippen LogP contribution in [0.3, 0.4) is 0 Å². The van der Waals surface area contributed by atoms with Gasteiger partial charge in [0.1, 0.15) is 0 Å². The molecule has 0 nitrogen and oxygen atoms in total. The molecule has 14 heavy (non-hydrogen) atoms. The molecular weight excluding hydrogens is 192 g/mol. The maximum absolute atomic E-state index is 6.48. The standard InChI is InChI=1S/C13H27Cl/c1-7-11(6)8-12(9(2)3)13(14)10(4)5/h9-13H,7-8H2,1-6H3. The molecule has 0 aromatic heterocycles. The zero-order valence-electron chi connectivity index (χ0n) is 10.7. The fourth-order valence-corrected chi connectivity index (χ4v) is 2.29. The van der Waals surface area contributed by atoms with Crippen LogP contribution in [0.15, 0.2) is 0 Å². The van der Waals surface area contributed by atoms with Gasteiger partial charge >= 0.3 is 0 Å². The van der Waals surface area contributed by atoms with Crippen LogP contribution >= 0.6 is 11.6 Å². The molecule has 0 saturated heterocycles. The predicted molar refractivity (Wildman–Crippen MR) is 66.9 cm³/mol. The highest BCUT2D eigenvalue weighted by molar-refractivity contribution is 6.20. The van der Waals surface area contributed by atoms with Crippen LogP contribution in [0, 0.1) is 23.7 Å². The Bertz CT molecular complexity index is 140. The molecule has 0 radical (unpaired) electrons. The first-order valence-corrected chi connectivity index (χ1v) is 6.47. The Morgan fingerprint density at radius 3 is 1.71 bits per heavy atom. The van der Waals surface area contributed by atoms with Gasteiger partial charge in [-0.25, -0.2) is 0 Å². The van der Waals surface area contributed by atoms with Crippen molar-refractivity contribution in [1.82, 2.24) is 0 Å². The normalized spacial score (nSPS) is 18.6. The molecule has 3 atom stereocenters. The zero-order chi connectivity index (χ0) is 11.3. The van der Waals surface area contributed by atoms with Crippen molar-refractivity contribution in [2.75, 3.05) is 0 Å². The second kappa shape index (κ2) is 6.71. The van der Waals surface area contributed by atoms with Gasteiger partial charge in [-0.05, 0) is 30.1 Å². The molecule has 0 saturated carbocycles. The molecule has 0 aromatic carbocycles. The maximum Gasteiger partial charge on any atom is 0.0389 e. The van der Waals surface area contributed by atoms with E-state index in [1.165, 1.54) is 12.8 Å². The van der Waals surface area contributed by atoms with Crippen molar-refractivity contribution < 1.29 is 0 Å². The van der Waals surface area contributed by atoms with Gasteiger partial charge in [0.25, 0.3) is 0 Å². The highest BCUT2D eigenvalue weighted by Crippen LogP contribution is 2.32. The van der Waals surface area contributed by atoms with Crippen molar-refractivity contribution in [3.05, 3.63) is 0 Å². The van der Waals surface area contributed by atoms with Gasteiger partial charge in [0.05, 0.1) is 0 Å². The molecule has 0 N–H and O–H groups in total. The summed E-state index contributed by atoms with van der Waals surface area (Å²) >= 11 is 6.48. The second-order valence-corrected chi connectivity index (χ2v) is 5.85. The summed E-state index contributed by atoms with van der Waals surface area (Å²) in [6, 6.07) is 0. The van der Waals surface area contributed by atoms with Crippen molar-refractivity contribution >= 4 is 11.6 Å². The van der Waals surface area contributed by atoms with E-state index in [2.05, 4.69) is 41.5 Å². The lowest BCUT2D eigenvalue weighted by Crippen LogP contribution is -2.27. The lowest BCUT2D eigenvalue weighted by atomic mass is 9.80. The minimum atomic E-state index is 0.337. The number of halogens is 1. The molecule has 0 spiro atoms. The summed E-state index contributed by atoms with van der Waals surface area (Å²) in [5.74, 6) is 2.77. The molecule has 3 unspecified atom stereocenters. The molecule has 86 valence electrons. The molecule has 0 aliphatic heterocycles. The van der Waals surface area contributed by atoms with Crippen LogP contribution in [0.1, 0.15) is 54.4 Å². The van der Waals surface area contributed by atoms with Crippen LogP contribution in [0.25, 0.3) is 0 Å². The molecule has 0 aliphatic carbocycles. The van der Waals surface area contributed by atoms with Crippen molar-refractivity contribution in [1.29, 1.82) is 0 Å². The summed E-state index contributed by atoms with van der Waals surface area (Å²) in [5.41, 5.74) is 0. The van der Waals surface area contributed by atoms with Crippen LogP contribution in [0.5, 0.6) is 0 Å². The maximum atomic E-state index is 6.48. The van der Waals surface area contributed by atoms with Crippen molar-refractivity contribution in [2.45, 2.75) is 59.8 Å². The Morgan fingerprint density at radius 2 is 1.43 bits per heavy atom. The second-order valence-electron chi connectivity index (χ2n) is 5.35. The Labute approximate surface area is 95.4 Å². The summed E-state index contributed by atoms with van der Waals surface area (Å²) < 4.78 is 0.